The fourth-order valence-electron chi connectivity index (χ4n) is 1.80. The number of carbonyl (C=O) groups is 1. The van der Waals surface area contributed by atoms with E-state index in [9.17, 15) is 4.79 Å². The molecule has 0 saturated carbocycles. The van der Waals surface area contributed by atoms with Gasteiger partial charge in [-0.3, -0.25) is 4.79 Å². The molecule has 0 aliphatic heterocycles. The van der Waals surface area contributed by atoms with Crippen molar-refractivity contribution in [1.29, 1.82) is 0 Å². The molecule has 1 rings (SSSR count). The summed E-state index contributed by atoms with van der Waals surface area (Å²) in [6.07, 6.45) is 4.71. The minimum Gasteiger partial charge on any atom is -0.481 e. The number of carboxylic acids is 1. The number of carboxylic acid groups (broad SMARTS) is 1. The first-order valence-electron chi connectivity index (χ1n) is 4.32. The predicted molar refractivity (Wildman–Crippen MR) is 47.8 cm³/mol. The number of rotatable bonds is 1. The molecule has 1 aliphatic rings. The second kappa shape index (κ2) is 2.92. The van der Waals surface area contributed by atoms with E-state index in [0.29, 0.717) is 6.42 Å². The summed E-state index contributed by atoms with van der Waals surface area (Å²) in [5, 5.41) is 8.91. The Kier molecular flexibility index (Phi) is 2.27. The van der Waals surface area contributed by atoms with Gasteiger partial charge in [-0.15, -0.1) is 0 Å². The van der Waals surface area contributed by atoms with Crippen LogP contribution in [0.15, 0.2) is 12.2 Å². The van der Waals surface area contributed by atoms with Gasteiger partial charge in [0, 0.05) is 0 Å². The van der Waals surface area contributed by atoms with Gasteiger partial charge < -0.3 is 5.11 Å². The van der Waals surface area contributed by atoms with Crippen molar-refractivity contribution in [2.75, 3.05) is 0 Å². The van der Waals surface area contributed by atoms with Crippen LogP contribution in [0.3, 0.4) is 0 Å². The first-order chi connectivity index (χ1) is 5.43. The molecule has 0 fully saturated rings. The fraction of sp³-hybridized carbons (Fsp3) is 0.700. The Morgan fingerprint density at radius 1 is 1.50 bits per heavy atom. The maximum absolute atomic E-state index is 10.8. The molecule has 2 heteroatoms. The molecule has 1 aliphatic carbocycles. The molecule has 2 atom stereocenters. The van der Waals surface area contributed by atoms with Crippen LogP contribution in [-0.4, -0.2) is 11.1 Å². The lowest BCUT2D eigenvalue weighted by Crippen LogP contribution is -2.28. The Bertz CT molecular complexity index is 210. The number of allylic oxidation sites excluding steroid dienone is 2. The standard InChI is InChI=1S/C10H16O2/c1-10(2,3)8-6-4-5-7(8)9(11)12/h4,6-8H,5H2,1-3H3,(H,11,12). The summed E-state index contributed by atoms with van der Waals surface area (Å²) in [6, 6.07) is 0. The van der Waals surface area contributed by atoms with Crippen molar-refractivity contribution < 1.29 is 9.90 Å². The van der Waals surface area contributed by atoms with Gasteiger partial charge in [0.15, 0.2) is 0 Å². The van der Waals surface area contributed by atoms with Gasteiger partial charge in [0.25, 0.3) is 0 Å². The summed E-state index contributed by atoms with van der Waals surface area (Å²) in [5.74, 6) is -0.681. The van der Waals surface area contributed by atoms with Crippen LogP contribution in [0.2, 0.25) is 0 Å². The highest BCUT2D eigenvalue weighted by Crippen LogP contribution is 2.39. The average molecular weight is 168 g/mol. The third kappa shape index (κ3) is 1.68. The average Bonchev–Trinajstić information content (AvgIpc) is 2.30. The van der Waals surface area contributed by atoms with Crippen LogP contribution >= 0.6 is 0 Å². The highest BCUT2D eigenvalue weighted by molar-refractivity contribution is 5.71. The topological polar surface area (TPSA) is 37.3 Å². The van der Waals surface area contributed by atoms with Gasteiger partial charge in [0.05, 0.1) is 5.92 Å². The second-order valence-corrected chi connectivity index (χ2v) is 4.50. The minimum absolute atomic E-state index is 0.0655. The van der Waals surface area contributed by atoms with E-state index in [2.05, 4.69) is 20.8 Å². The Hall–Kier alpha value is -0.790. The van der Waals surface area contributed by atoms with Crippen molar-refractivity contribution in [1.82, 2.24) is 0 Å². The van der Waals surface area contributed by atoms with E-state index in [1.807, 2.05) is 12.2 Å². The van der Waals surface area contributed by atoms with Crippen LogP contribution in [0, 0.1) is 17.3 Å². The fourth-order valence-corrected chi connectivity index (χ4v) is 1.80. The second-order valence-electron chi connectivity index (χ2n) is 4.50. The van der Waals surface area contributed by atoms with E-state index in [4.69, 9.17) is 5.11 Å². The van der Waals surface area contributed by atoms with Crippen LogP contribution in [0.1, 0.15) is 27.2 Å². The molecular weight excluding hydrogens is 152 g/mol. The van der Waals surface area contributed by atoms with Gasteiger partial charge in [-0.25, -0.2) is 0 Å². The molecule has 68 valence electrons. The molecular formula is C10H16O2. The minimum atomic E-state index is -0.667. The van der Waals surface area contributed by atoms with E-state index in [-0.39, 0.29) is 17.3 Å². The number of hydrogen-bond donors (Lipinski definition) is 1. The van der Waals surface area contributed by atoms with Gasteiger partial charge in [-0.1, -0.05) is 32.9 Å². The predicted octanol–water partition coefficient (Wildman–Crippen LogP) is 2.31. The summed E-state index contributed by atoms with van der Waals surface area (Å²) >= 11 is 0. The Labute approximate surface area is 73.3 Å². The third-order valence-electron chi connectivity index (χ3n) is 2.48. The maximum atomic E-state index is 10.8. The molecule has 0 aromatic rings. The van der Waals surface area contributed by atoms with Crippen molar-refractivity contribution in [3.05, 3.63) is 12.2 Å². The summed E-state index contributed by atoms with van der Waals surface area (Å²) in [4.78, 5) is 10.8. The lowest BCUT2D eigenvalue weighted by atomic mass is 9.75. The van der Waals surface area contributed by atoms with Gasteiger partial charge in [-0.2, -0.15) is 0 Å². The highest BCUT2D eigenvalue weighted by Gasteiger charge is 2.36. The summed E-state index contributed by atoms with van der Waals surface area (Å²) in [7, 11) is 0. The van der Waals surface area contributed by atoms with Crippen molar-refractivity contribution in [2.24, 2.45) is 17.3 Å². The van der Waals surface area contributed by atoms with Crippen LogP contribution in [0.5, 0.6) is 0 Å². The van der Waals surface area contributed by atoms with Gasteiger partial charge in [0.2, 0.25) is 0 Å². The zero-order chi connectivity index (χ0) is 9.35. The summed E-state index contributed by atoms with van der Waals surface area (Å²) in [6.45, 7) is 6.26. The monoisotopic (exact) mass is 168 g/mol. The highest BCUT2D eigenvalue weighted by atomic mass is 16.4. The van der Waals surface area contributed by atoms with E-state index >= 15 is 0 Å². The van der Waals surface area contributed by atoms with Crippen LogP contribution in [-0.2, 0) is 4.79 Å². The van der Waals surface area contributed by atoms with Crippen LogP contribution in [0.25, 0.3) is 0 Å². The van der Waals surface area contributed by atoms with Crippen molar-refractivity contribution in [3.8, 4) is 0 Å². The Morgan fingerprint density at radius 3 is 2.42 bits per heavy atom. The normalized spacial score (nSPS) is 29.2. The molecule has 0 bridgehead atoms. The molecule has 2 unspecified atom stereocenters. The van der Waals surface area contributed by atoms with Gasteiger partial charge >= 0.3 is 5.97 Å². The maximum Gasteiger partial charge on any atom is 0.307 e. The lowest BCUT2D eigenvalue weighted by molar-refractivity contribution is -0.143. The first-order valence-corrected chi connectivity index (χ1v) is 4.32. The molecule has 0 aromatic carbocycles. The van der Waals surface area contributed by atoms with Crippen molar-refractivity contribution in [2.45, 2.75) is 27.2 Å². The largest absolute Gasteiger partial charge is 0.481 e. The molecule has 0 aromatic heterocycles. The van der Waals surface area contributed by atoms with Crippen LogP contribution in [0.4, 0.5) is 0 Å². The SMILES string of the molecule is CC(C)(C)C1C=CCC1C(=O)O. The third-order valence-corrected chi connectivity index (χ3v) is 2.48. The van der Waals surface area contributed by atoms with E-state index in [0.717, 1.165) is 0 Å². The van der Waals surface area contributed by atoms with Crippen molar-refractivity contribution >= 4 is 5.97 Å². The molecule has 0 saturated heterocycles. The van der Waals surface area contributed by atoms with E-state index in [1.165, 1.54) is 0 Å². The summed E-state index contributed by atoms with van der Waals surface area (Å²) in [5.41, 5.74) is 0.0655. The Morgan fingerprint density at radius 2 is 2.08 bits per heavy atom. The molecule has 0 spiro atoms. The smallest absolute Gasteiger partial charge is 0.307 e. The number of hydrogen-bond acceptors (Lipinski definition) is 1. The first kappa shape index (κ1) is 9.30. The molecule has 2 nitrogen and oxygen atoms in total. The molecule has 0 amide bonds. The molecule has 12 heavy (non-hydrogen) atoms. The molecule has 0 radical (unpaired) electrons. The van der Waals surface area contributed by atoms with Gasteiger partial charge in [0.1, 0.15) is 0 Å². The number of aliphatic carboxylic acids is 1. The van der Waals surface area contributed by atoms with Crippen LogP contribution < -0.4 is 0 Å². The van der Waals surface area contributed by atoms with Gasteiger partial charge in [-0.05, 0) is 17.8 Å². The summed E-state index contributed by atoms with van der Waals surface area (Å²) < 4.78 is 0. The molecule has 1 N–H and O–H groups in total. The van der Waals surface area contributed by atoms with Crippen molar-refractivity contribution in [3.63, 3.8) is 0 Å². The quantitative estimate of drug-likeness (QED) is 0.610. The zero-order valence-electron chi connectivity index (χ0n) is 7.87. The molecule has 0 heterocycles. The zero-order valence-corrected chi connectivity index (χ0v) is 7.87. The van der Waals surface area contributed by atoms with E-state index in [1.54, 1.807) is 0 Å². The lowest BCUT2D eigenvalue weighted by Gasteiger charge is -2.29. The Balaban J connectivity index is 2.76. The van der Waals surface area contributed by atoms with E-state index < -0.39 is 5.97 Å².